The molecular weight excluding hydrogens is 1360 g/mol. The summed E-state index contributed by atoms with van der Waals surface area (Å²) >= 11 is 0. The van der Waals surface area contributed by atoms with Gasteiger partial charge in [-0.2, -0.15) is 0 Å². The average molecular weight is 1480 g/mol. The Bertz CT molecular complexity index is 5160. The lowest BCUT2D eigenvalue weighted by Gasteiger charge is -2.34. The number of aliphatic hydroxyl groups is 1. The van der Waals surface area contributed by atoms with E-state index in [0.717, 1.165) is 47.7 Å². The third-order valence-electron chi connectivity index (χ3n) is 23.4. The second kappa shape index (κ2) is 35.5. The first-order valence-corrected chi connectivity index (χ1v) is 40.0. The number of hydrogen-bond acceptors (Lipinski definition) is 8. The molecule has 0 amide bonds. The minimum Gasteiger partial charge on any atom is -0.508 e. The lowest BCUT2D eigenvalue weighted by molar-refractivity contribution is 0.336. The van der Waals surface area contributed by atoms with Gasteiger partial charge in [0.1, 0.15) is 23.0 Å². The minimum atomic E-state index is -0.164. The molecule has 10 aromatic carbocycles. The Labute approximate surface area is 664 Å². The fraction of sp³-hybridized carbons (Fsp3) is 0.320. The maximum Gasteiger partial charge on any atom is 0.122 e. The molecule has 576 valence electrons. The van der Waals surface area contributed by atoms with Crippen LogP contribution in [0.1, 0.15) is 204 Å². The van der Waals surface area contributed by atoms with Crippen molar-refractivity contribution in [3.63, 3.8) is 0 Å². The van der Waals surface area contributed by atoms with Gasteiger partial charge >= 0.3 is 0 Å². The zero-order valence-electron chi connectivity index (χ0n) is 69.9. The molecule has 1 aliphatic carbocycles. The number of phenolic OH excluding ortho intramolecular Hbond substituents is 3. The summed E-state index contributed by atoms with van der Waals surface area (Å²) in [5, 5.41) is 52.4. The molecule has 0 spiro atoms. The van der Waals surface area contributed by atoms with Gasteiger partial charge < -0.3 is 40.0 Å². The van der Waals surface area contributed by atoms with Gasteiger partial charge in [-0.25, -0.2) is 0 Å². The molecule has 1 unspecified atom stereocenters. The minimum absolute atomic E-state index is 0.0607. The molecule has 11 rings (SSSR count). The molecular formula is C103H120N4O4. The third kappa shape index (κ3) is 19.9. The number of nitrogens with zero attached hydrogens (tertiary/aromatic N) is 4. The number of hydrogen-bond donors (Lipinski definition) is 4. The van der Waals surface area contributed by atoms with E-state index in [1.165, 1.54) is 134 Å². The number of allylic oxidation sites excluding steroid dienone is 6. The van der Waals surface area contributed by atoms with Gasteiger partial charge in [0.05, 0.1) is 6.04 Å². The molecule has 1 atom stereocenters. The molecule has 0 heterocycles. The topological polar surface area (TPSA) is 93.9 Å². The predicted molar refractivity (Wildman–Crippen MR) is 469 cm³/mol. The summed E-state index contributed by atoms with van der Waals surface area (Å²) in [5.41, 5.74) is 37.5. The number of aromatic hydroxyl groups is 3. The molecule has 0 saturated carbocycles. The van der Waals surface area contributed by atoms with Crippen molar-refractivity contribution in [2.75, 3.05) is 21.2 Å². The molecule has 0 aromatic heterocycles. The highest BCUT2D eigenvalue weighted by Crippen LogP contribution is 2.44. The van der Waals surface area contributed by atoms with Crippen molar-refractivity contribution < 1.29 is 20.4 Å². The quantitative estimate of drug-likeness (QED) is 0.0272. The van der Waals surface area contributed by atoms with Crippen LogP contribution in [0.3, 0.4) is 0 Å². The van der Waals surface area contributed by atoms with Crippen LogP contribution in [0.25, 0.3) is 0 Å². The maximum absolute atomic E-state index is 13.7. The molecule has 0 radical (unpaired) electrons. The Morgan fingerprint density at radius 3 is 1.12 bits per heavy atom. The SMILES string of the molecule is C=C(O)/C(=C\C(=C/C)N(Cc1ccc(C)cc1C)Cc1ccc(C)cc1C)Cc1cc(N(Cc2ccc(C)cc2C)C(C)c2ccc(C)cc2C)cc(Cc2cc(N(Cc3ccc(C)cc3C)Cc3ccc(C)cc3C)cc(Cc3cc(N(CC4=C(C)C=C(C)CC4)Cc4ccc(C)cc4C)cc(CC)c3O)c2O)c1O. The molecule has 4 N–H and O–H groups in total. The van der Waals surface area contributed by atoms with Crippen molar-refractivity contribution in [3.8, 4) is 17.2 Å². The summed E-state index contributed by atoms with van der Waals surface area (Å²) in [7, 11) is 0. The lowest BCUT2D eigenvalue weighted by atomic mass is 9.91. The maximum atomic E-state index is 13.7. The predicted octanol–water partition coefficient (Wildman–Crippen LogP) is 25.0. The molecule has 0 fully saturated rings. The van der Waals surface area contributed by atoms with Gasteiger partial charge in [-0.3, -0.25) is 0 Å². The summed E-state index contributed by atoms with van der Waals surface area (Å²) in [6.07, 6.45) is 9.55. The van der Waals surface area contributed by atoms with Crippen LogP contribution in [0.4, 0.5) is 17.1 Å². The highest BCUT2D eigenvalue weighted by molar-refractivity contribution is 5.67. The highest BCUT2D eigenvalue weighted by Gasteiger charge is 2.28. The second-order valence-electron chi connectivity index (χ2n) is 32.6. The monoisotopic (exact) mass is 1480 g/mol. The van der Waals surface area contributed by atoms with Gasteiger partial charge in [0.25, 0.3) is 0 Å². The summed E-state index contributed by atoms with van der Waals surface area (Å²) < 4.78 is 0. The Balaban J connectivity index is 1.13. The van der Waals surface area contributed by atoms with E-state index in [9.17, 15) is 20.4 Å². The number of anilines is 3. The molecule has 10 aromatic rings. The standard InChI is InChI=1S/C103H120N4O4/c1-21-82-50-97(105(59-85-33-25-66(5)41-74(85)13)60-86-34-26-67(6)42-75(86)14)52-92(101(82)109)48-93-53-98(106(61-87-35-27-68(7)43-76(87)15)62-88-36-28-69(8)44-77(88)16)54-94(103(93)111)49-95-56-99(107(63-89-37-29-70(9)45-78(89)17)80(19)100-38-30-71(10)46-79(100)18)55-91(102(95)110)47-90(81(20)108)51-96(22-2)104(57-83-31-23-64(3)39-72(83)11)58-84-32-24-65(4)40-73(84)12/h22-25,27-33,35-46,50-56,80,108-111H,20-21,26,34,47-49,57-63H2,1-19H3/b90-51-,96-22+. The number of rotatable bonds is 29. The van der Waals surface area contributed by atoms with Gasteiger partial charge in [0.15, 0.2) is 0 Å². The Morgan fingerprint density at radius 1 is 0.396 bits per heavy atom. The van der Waals surface area contributed by atoms with Crippen molar-refractivity contribution in [1.29, 1.82) is 0 Å². The van der Waals surface area contributed by atoms with Crippen molar-refractivity contribution in [3.05, 3.63) is 373 Å². The molecule has 1 aliphatic rings. The fourth-order valence-electron chi connectivity index (χ4n) is 16.6. The van der Waals surface area contributed by atoms with E-state index in [-0.39, 0.29) is 48.3 Å². The zero-order valence-corrected chi connectivity index (χ0v) is 69.9. The molecule has 8 nitrogen and oxygen atoms in total. The van der Waals surface area contributed by atoms with Gasteiger partial charge in [-0.1, -0.05) is 203 Å². The molecule has 8 heteroatoms. The summed E-state index contributed by atoms with van der Waals surface area (Å²) in [6, 6.07) is 59.5. The van der Waals surface area contributed by atoms with Gasteiger partial charge in [-0.05, 0) is 281 Å². The van der Waals surface area contributed by atoms with E-state index >= 15 is 0 Å². The summed E-state index contributed by atoms with van der Waals surface area (Å²) in [5.74, 6) is 0.274. The number of aliphatic hydroxyl groups excluding tert-OH is 1. The number of benzene rings is 10. The van der Waals surface area contributed by atoms with Crippen molar-refractivity contribution in [1.82, 2.24) is 4.90 Å². The first-order valence-electron chi connectivity index (χ1n) is 40.0. The van der Waals surface area contributed by atoms with Crippen LogP contribution in [0.15, 0.2) is 222 Å². The van der Waals surface area contributed by atoms with Crippen LogP contribution in [0.5, 0.6) is 17.2 Å². The van der Waals surface area contributed by atoms with E-state index in [4.69, 9.17) is 0 Å². The van der Waals surface area contributed by atoms with E-state index in [0.29, 0.717) is 79.1 Å². The highest BCUT2D eigenvalue weighted by atomic mass is 16.3. The van der Waals surface area contributed by atoms with Gasteiger partial charge in [0.2, 0.25) is 0 Å². The lowest BCUT2D eigenvalue weighted by Crippen LogP contribution is -2.27. The van der Waals surface area contributed by atoms with Crippen molar-refractivity contribution in [2.24, 2.45) is 0 Å². The number of phenols is 3. The first kappa shape index (κ1) is 81.3. The second-order valence-corrected chi connectivity index (χ2v) is 32.6. The smallest absolute Gasteiger partial charge is 0.122 e. The van der Waals surface area contributed by atoms with E-state index < -0.39 is 0 Å². The molecule has 0 bridgehead atoms. The van der Waals surface area contributed by atoms with Crippen LogP contribution in [0.2, 0.25) is 0 Å². The van der Waals surface area contributed by atoms with E-state index in [1.54, 1.807) is 0 Å². The molecule has 111 heavy (non-hydrogen) atoms. The van der Waals surface area contributed by atoms with E-state index in [2.05, 4.69) is 340 Å². The Hall–Kier alpha value is -10.7. The third-order valence-corrected chi connectivity index (χ3v) is 23.4. The normalized spacial score (nSPS) is 12.9. The van der Waals surface area contributed by atoms with Crippen LogP contribution in [-0.4, -0.2) is 31.9 Å². The molecule has 0 aliphatic heterocycles. The fourth-order valence-corrected chi connectivity index (χ4v) is 16.6. The summed E-state index contributed by atoms with van der Waals surface area (Å²) in [4.78, 5) is 9.76. The number of aryl methyl sites for hydroxylation is 15. The Kier molecular flexibility index (Phi) is 26.0. The van der Waals surface area contributed by atoms with Crippen molar-refractivity contribution in [2.45, 2.75) is 215 Å². The van der Waals surface area contributed by atoms with Crippen LogP contribution in [0, 0.1) is 96.9 Å². The largest absolute Gasteiger partial charge is 0.508 e. The van der Waals surface area contributed by atoms with Gasteiger partial charge in [0, 0.05) is 116 Å². The average Bonchev–Trinajstić information content (AvgIpc) is 0.776. The van der Waals surface area contributed by atoms with Crippen LogP contribution < -0.4 is 14.7 Å². The summed E-state index contributed by atoms with van der Waals surface area (Å²) in [6.45, 7) is 49.8. The van der Waals surface area contributed by atoms with Crippen LogP contribution >= 0.6 is 0 Å². The Morgan fingerprint density at radius 2 is 0.739 bits per heavy atom. The van der Waals surface area contributed by atoms with Crippen molar-refractivity contribution >= 4 is 17.1 Å². The molecule has 0 saturated heterocycles. The zero-order chi connectivity index (χ0) is 79.8. The van der Waals surface area contributed by atoms with Gasteiger partial charge in [-0.15, -0.1) is 0 Å². The first-order chi connectivity index (χ1) is 52.9. The van der Waals surface area contributed by atoms with Crippen LogP contribution in [-0.2, 0) is 65.0 Å². The van der Waals surface area contributed by atoms with E-state index in [1.807, 2.05) is 0 Å².